The molecule has 2 rings (SSSR count). The van der Waals surface area contributed by atoms with Gasteiger partial charge >= 0.3 is 0 Å². The van der Waals surface area contributed by atoms with E-state index in [0.717, 1.165) is 31.8 Å². The van der Waals surface area contributed by atoms with Crippen molar-refractivity contribution in [1.29, 1.82) is 0 Å². The van der Waals surface area contributed by atoms with Crippen LogP contribution in [0.15, 0.2) is 15.9 Å². The van der Waals surface area contributed by atoms with Crippen LogP contribution in [0.2, 0.25) is 0 Å². The molecule has 1 aromatic rings. The molecule has 4 heteroatoms. The lowest BCUT2D eigenvalue weighted by Gasteiger charge is -2.15. The van der Waals surface area contributed by atoms with Gasteiger partial charge in [0.15, 0.2) is 0 Å². The third kappa shape index (κ3) is 5.00. The molecule has 1 fully saturated rings. The van der Waals surface area contributed by atoms with E-state index in [1.165, 1.54) is 34.3 Å². The molecule has 18 heavy (non-hydrogen) atoms. The topological polar surface area (TPSA) is 32.3 Å². The molecular formula is C14H22BrNOS. The van der Waals surface area contributed by atoms with Crippen LogP contribution in [0.1, 0.15) is 37.0 Å². The van der Waals surface area contributed by atoms with Gasteiger partial charge in [-0.25, -0.2) is 0 Å². The van der Waals surface area contributed by atoms with Gasteiger partial charge in [0.25, 0.3) is 0 Å². The van der Waals surface area contributed by atoms with Gasteiger partial charge in [-0.3, -0.25) is 0 Å². The molecule has 2 nitrogen and oxygen atoms in total. The van der Waals surface area contributed by atoms with Crippen LogP contribution in [0.3, 0.4) is 0 Å². The number of thiophene rings is 1. The summed E-state index contributed by atoms with van der Waals surface area (Å²) >= 11 is 5.26. The summed E-state index contributed by atoms with van der Waals surface area (Å²) < 4.78 is 1.19. The molecule has 0 aromatic carbocycles. The van der Waals surface area contributed by atoms with Crippen LogP contribution in [0, 0.1) is 5.92 Å². The molecule has 1 atom stereocenters. The van der Waals surface area contributed by atoms with Gasteiger partial charge in [-0.15, -0.1) is 11.3 Å². The highest BCUT2D eigenvalue weighted by atomic mass is 79.9. The van der Waals surface area contributed by atoms with E-state index in [1.54, 1.807) is 11.3 Å². The SMILES string of the molecule is OC(CNCCc1ccc(Br)s1)CC1CCCC1. The first-order valence-corrected chi connectivity index (χ1v) is 8.48. The van der Waals surface area contributed by atoms with Crippen LogP contribution in [0.25, 0.3) is 0 Å². The molecular weight excluding hydrogens is 310 g/mol. The van der Waals surface area contributed by atoms with E-state index < -0.39 is 0 Å². The van der Waals surface area contributed by atoms with Gasteiger partial charge in [-0.1, -0.05) is 25.7 Å². The van der Waals surface area contributed by atoms with Crippen LogP contribution >= 0.6 is 27.3 Å². The van der Waals surface area contributed by atoms with Crippen LogP contribution in [-0.4, -0.2) is 24.3 Å². The monoisotopic (exact) mass is 331 g/mol. The highest BCUT2D eigenvalue weighted by molar-refractivity contribution is 9.11. The van der Waals surface area contributed by atoms with E-state index in [9.17, 15) is 5.11 Å². The maximum absolute atomic E-state index is 9.94. The minimum absolute atomic E-state index is 0.164. The Morgan fingerprint density at radius 3 is 2.83 bits per heavy atom. The first-order chi connectivity index (χ1) is 8.74. The zero-order valence-electron chi connectivity index (χ0n) is 10.7. The molecule has 0 aliphatic heterocycles. The zero-order chi connectivity index (χ0) is 12.8. The van der Waals surface area contributed by atoms with Crippen LogP contribution in [0.5, 0.6) is 0 Å². The minimum atomic E-state index is -0.164. The summed E-state index contributed by atoms with van der Waals surface area (Å²) in [5, 5.41) is 13.3. The second kappa shape index (κ2) is 7.63. The van der Waals surface area contributed by atoms with E-state index in [4.69, 9.17) is 0 Å². The molecule has 1 aliphatic carbocycles. The van der Waals surface area contributed by atoms with Crippen molar-refractivity contribution in [2.45, 2.75) is 44.6 Å². The third-order valence-corrected chi connectivity index (χ3v) is 5.32. The number of nitrogens with one attached hydrogen (secondary N) is 1. The number of hydrogen-bond donors (Lipinski definition) is 2. The molecule has 1 heterocycles. The van der Waals surface area contributed by atoms with Crippen molar-refractivity contribution in [2.24, 2.45) is 5.92 Å². The van der Waals surface area contributed by atoms with E-state index in [0.29, 0.717) is 0 Å². The van der Waals surface area contributed by atoms with Gasteiger partial charge in [-0.2, -0.15) is 0 Å². The molecule has 1 aliphatic rings. The van der Waals surface area contributed by atoms with E-state index >= 15 is 0 Å². The fourth-order valence-electron chi connectivity index (χ4n) is 2.68. The average Bonchev–Trinajstić information content (AvgIpc) is 2.96. The number of aliphatic hydroxyl groups excluding tert-OH is 1. The van der Waals surface area contributed by atoms with Crippen LogP contribution < -0.4 is 5.32 Å². The maximum atomic E-state index is 9.94. The molecule has 102 valence electrons. The van der Waals surface area contributed by atoms with Crippen molar-refractivity contribution >= 4 is 27.3 Å². The van der Waals surface area contributed by atoms with Crippen molar-refractivity contribution < 1.29 is 5.11 Å². The second-order valence-electron chi connectivity index (χ2n) is 5.20. The minimum Gasteiger partial charge on any atom is -0.392 e. The van der Waals surface area contributed by atoms with Gasteiger partial charge in [0.2, 0.25) is 0 Å². The highest BCUT2D eigenvalue weighted by Crippen LogP contribution is 2.28. The Bertz CT molecular complexity index is 349. The third-order valence-electron chi connectivity index (χ3n) is 3.64. The second-order valence-corrected chi connectivity index (χ2v) is 7.75. The molecule has 0 saturated heterocycles. The van der Waals surface area contributed by atoms with Gasteiger partial charge in [0.1, 0.15) is 0 Å². The lowest BCUT2D eigenvalue weighted by molar-refractivity contribution is 0.141. The summed E-state index contributed by atoms with van der Waals surface area (Å²) in [4.78, 5) is 1.39. The molecule has 0 amide bonds. The van der Waals surface area contributed by atoms with Crippen LogP contribution in [-0.2, 0) is 6.42 Å². The smallest absolute Gasteiger partial charge is 0.0701 e. The molecule has 0 spiro atoms. The maximum Gasteiger partial charge on any atom is 0.0701 e. The fraction of sp³-hybridized carbons (Fsp3) is 0.714. The molecule has 1 aromatic heterocycles. The average molecular weight is 332 g/mol. The standard InChI is InChI=1S/C14H22BrNOS/c15-14-6-5-13(18-14)7-8-16-10-12(17)9-11-3-1-2-4-11/h5-6,11-12,16-17H,1-4,7-10H2. The summed E-state index contributed by atoms with van der Waals surface area (Å²) in [7, 11) is 0. The summed E-state index contributed by atoms with van der Waals surface area (Å²) in [6, 6.07) is 4.25. The number of rotatable bonds is 7. The Hall–Kier alpha value is 0.1000. The first-order valence-electron chi connectivity index (χ1n) is 6.87. The Morgan fingerprint density at radius 2 is 2.17 bits per heavy atom. The molecule has 1 saturated carbocycles. The Balaban J connectivity index is 1.54. The predicted molar refractivity (Wildman–Crippen MR) is 81.2 cm³/mol. The fourth-order valence-corrected chi connectivity index (χ4v) is 4.16. The van der Waals surface area contributed by atoms with Crippen molar-refractivity contribution in [2.75, 3.05) is 13.1 Å². The van der Waals surface area contributed by atoms with Gasteiger partial charge < -0.3 is 10.4 Å². The Morgan fingerprint density at radius 1 is 1.39 bits per heavy atom. The Labute approximate surface area is 122 Å². The van der Waals surface area contributed by atoms with Crippen molar-refractivity contribution in [1.82, 2.24) is 5.32 Å². The van der Waals surface area contributed by atoms with Gasteiger partial charge in [-0.05, 0) is 46.8 Å². The molecule has 0 bridgehead atoms. The molecule has 2 N–H and O–H groups in total. The summed E-state index contributed by atoms with van der Waals surface area (Å²) in [6.07, 6.45) is 7.23. The van der Waals surface area contributed by atoms with Gasteiger partial charge in [0.05, 0.1) is 9.89 Å². The summed E-state index contributed by atoms with van der Waals surface area (Å²) in [5.41, 5.74) is 0. The zero-order valence-corrected chi connectivity index (χ0v) is 13.1. The van der Waals surface area contributed by atoms with Crippen LogP contribution in [0.4, 0.5) is 0 Å². The van der Waals surface area contributed by atoms with Crippen molar-refractivity contribution in [3.63, 3.8) is 0 Å². The first kappa shape index (κ1) is 14.5. The lowest BCUT2D eigenvalue weighted by Crippen LogP contribution is -2.29. The molecule has 1 unspecified atom stereocenters. The predicted octanol–water partition coefficient (Wildman–Crippen LogP) is 3.58. The highest BCUT2D eigenvalue weighted by Gasteiger charge is 2.18. The van der Waals surface area contributed by atoms with E-state index in [2.05, 4.69) is 33.4 Å². The number of hydrogen-bond acceptors (Lipinski definition) is 3. The van der Waals surface area contributed by atoms with E-state index in [1.807, 2.05) is 0 Å². The van der Waals surface area contributed by atoms with E-state index in [-0.39, 0.29) is 6.10 Å². The van der Waals surface area contributed by atoms with Crippen molar-refractivity contribution in [3.05, 3.63) is 20.8 Å². The normalized spacial score (nSPS) is 18.3. The number of halogens is 1. The largest absolute Gasteiger partial charge is 0.392 e. The number of aliphatic hydroxyl groups is 1. The van der Waals surface area contributed by atoms with Crippen molar-refractivity contribution in [3.8, 4) is 0 Å². The Kier molecular flexibility index (Phi) is 6.15. The lowest BCUT2D eigenvalue weighted by atomic mass is 10.0. The summed E-state index contributed by atoms with van der Waals surface area (Å²) in [5.74, 6) is 0.773. The summed E-state index contributed by atoms with van der Waals surface area (Å²) in [6.45, 7) is 1.69. The molecule has 0 radical (unpaired) electrons. The van der Waals surface area contributed by atoms with Gasteiger partial charge in [0, 0.05) is 18.0 Å². The quantitative estimate of drug-likeness (QED) is 0.748.